The van der Waals surface area contributed by atoms with E-state index in [1.54, 1.807) is 12.1 Å². The number of ketones is 1. The van der Waals surface area contributed by atoms with Crippen molar-refractivity contribution in [2.75, 3.05) is 6.54 Å². The van der Waals surface area contributed by atoms with E-state index in [-0.39, 0.29) is 11.2 Å². The van der Waals surface area contributed by atoms with Crippen LogP contribution in [0, 0.1) is 16.7 Å². The smallest absolute Gasteiger partial charge is 0.162 e. The minimum Gasteiger partial charge on any atom is -0.384 e. The van der Waals surface area contributed by atoms with E-state index in [2.05, 4.69) is 32.0 Å². The Morgan fingerprint density at radius 2 is 1.81 bits per heavy atom. The molecule has 0 radical (unpaired) electrons. The van der Waals surface area contributed by atoms with Crippen molar-refractivity contribution in [2.45, 2.75) is 39.0 Å². The summed E-state index contributed by atoms with van der Waals surface area (Å²) in [6, 6.07) is 19.8. The van der Waals surface area contributed by atoms with Crippen LogP contribution < -0.4 is 5.73 Å². The van der Waals surface area contributed by atoms with Gasteiger partial charge in [-0.3, -0.25) is 4.79 Å². The Morgan fingerprint density at radius 3 is 2.45 bits per heavy atom. The average molecular weight is 432 g/mol. The van der Waals surface area contributed by atoms with Gasteiger partial charge in [-0.05, 0) is 41.5 Å². The lowest BCUT2D eigenvalue weighted by Crippen LogP contribution is -2.42. The van der Waals surface area contributed by atoms with Crippen LogP contribution in [0.25, 0.3) is 0 Å². The van der Waals surface area contributed by atoms with E-state index in [9.17, 15) is 10.1 Å². The first kappa shape index (κ1) is 21.2. The molecule has 2 aromatic carbocycles. The molecule has 4 nitrogen and oxygen atoms in total. The first-order valence-electron chi connectivity index (χ1n) is 10.5. The van der Waals surface area contributed by atoms with Crippen molar-refractivity contribution in [3.8, 4) is 6.07 Å². The fraction of sp³-hybridized carbons (Fsp3) is 0.308. The zero-order valence-corrected chi connectivity index (χ0v) is 18.6. The van der Waals surface area contributed by atoms with Gasteiger partial charge < -0.3 is 10.6 Å². The lowest BCUT2D eigenvalue weighted by Gasteiger charge is -2.44. The summed E-state index contributed by atoms with van der Waals surface area (Å²) in [6.07, 6.45) is 1.98. The SMILES string of the molecule is CC1(C)CC(=O)C2=C(C1)N(CCc1ccccc1)C(N)=C(C#N)C2c1ccc(Cl)cc1. The largest absolute Gasteiger partial charge is 0.384 e. The third-order valence-corrected chi connectivity index (χ3v) is 6.41. The monoisotopic (exact) mass is 431 g/mol. The minimum absolute atomic E-state index is 0.0937. The molecule has 0 aromatic heterocycles. The Kier molecular flexibility index (Phi) is 5.64. The van der Waals surface area contributed by atoms with E-state index < -0.39 is 5.92 Å². The van der Waals surface area contributed by atoms with Gasteiger partial charge in [-0.25, -0.2) is 0 Å². The summed E-state index contributed by atoms with van der Waals surface area (Å²) in [4.78, 5) is 15.4. The quantitative estimate of drug-likeness (QED) is 0.711. The summed E-state index contributed by atoms with van der Waals surface area (Å²) in [5.74, 6) is 0.0904. The topological polar surface area (TPSA) is 70.1 Å². The fourth-order valence-electron chi connectivity index (χ4n) is 4.70. The Bertz CT molecular complexity index is 1110. The molecule has 0 spiro atoms. The molecule has 0 bridgehead atoms. The third kappa shape index (κ3) is 4.11. The van der Waals surface area contributed by atoms with Crippen molar-refractivity contribution >= 4 is 17.4 Å². The Morgan fingerprint density at radius 1 is 1.13 bits per heavy atom. The first-order chi connectivity index (χ1) is 14.8. The zero-order chi connectivity index (χ0) is 22.2. The van der Waals surface area contributed by atoms with Crippen LogP contribution in [0.5, 0.6) is 0 Å². The molecular formula is C26H26ClN3O. The molecule has 1 unspecified atom stereocenters. The molecule has 0 saturated carbocycles. The maximum atomic E-state index is 13.4. The zero-order valence-electron chi connectivity index (χ0n) is 17.9. The van der Waals surface area contributed by atoms with Crippen LogP contribution in [-0.2, 0) is 11.2 Å². The number of rotatable bonds is 4. The summed E-state index contributed by atoms with van der Waals surface area (Å²) in [5, 5.41) is 10.7. The van der Waals surface area contributed by atoms with E-state index in [1.807, 2.05) is 35.2 Å². The molecule has 1 aliphatic heterocycles. The highest BCUT2D eigenvalue weighted by atomic mass is 35.5. The molecule has 5 heteroatoms. The summed E-state index contributed by atoms with van der Waals surface area (Å²) in [6.45, 7) is 4.85. The van der Waals surface area contributed by atoms with Gasteiger partial charge in [0.25, 0.3) is 0 Å². The summed E-state index contributed by atoms with van der Waals surface area (Å²) >= 11 is 6.09. The van der Waals surface area contributed by atoms with Gasteiger partial charge in [-0.2, -0.15) is 5.26 Å². The Balaban J connectivity index is 1.82. The number of carbonyl (C=O) groups excluding carboxylic acids is 1. The molecule has 1 aliphatic carbocycles. The maximum absolute atomic E-state index is 13.4. The number of carbonyl (C=O) groups is 1. The number of nitrogens with two attached hydrogens (primary N) is 1. The molecule has 2 N–H and O–H groups in total. The number of nitrogens with zero attached hydrogens (tertiary/aromatic N) is 2. The van der Waals surface area contributed by atoms with E-state index in [0.717, 1.165) is 24.1 Å². The number of benzene rings is 2. The highest BCUT2D eigenvalue weighted by Gasteiger charge is 2.44. The molecule has 0 fully saturated rings. The summed E-state index contributed by atoms with van der Waals surface area (Å²) < 4.78 is 0. The number of nitriles is 1. The van der Waals surface area contributed by atoms with Crippen molar-refractivity contribution in [2.24, 2.45) is 11.1 Å². The second kappa shape index (κ2) is 8.24. The van der Waals surface area contributed by atoms with Gasteiger partial charge >= 0.3 is 0 Å². The van der Waals surface area contributed by atoms with Gasteiger partial charge in [0.2, 0.25) is 0 Å². The van der Waals surface area contributed by atoms with Crippen LogP contribution in [0.15, 0.2) is 77.3 Å². The molecule has 2 aromatic rings. The van der Waals surface area contributed by atoms with Crippen molar-refractivity contribution < 1.29 is 4.79 Å². The van der Waals surface area contributed by atoms with Crippen LogP contribution in [-0.4, -0.2) is 17.2 Å². The van der Waals surface area contributed by atoms with Crippen molar-refractivity contribution in [3.05, 3.63) is 93.4 Å². The second-order valence-corrected chi connectivity index (χ2v) is 9.52. The van der Waals surface area contributed by atoms with Crippen LogP contribution in [0.2, 0.25) is 5.02 Å². The molecule has 0 amide bonds. The molecule has 1 atom stereocenters. The van der Waals surface area contributed by atoms with Gasteiger partial charge in [-0.15, -0.1) is 0 Å². The molecule has 1 heterocycles. The number of hydrogen-bond donors (Lipinski definition) is 1. The van der Waals surface area contributed by atoms with Crippen LogP contribution in [0.4, 0.5) is 0 Å². The normalized spacial score (nSPS) is 20.5. The van der Waals surface area contributed by atoms with Crippen LogP contribution in [0.3, 0.4) is 0 Å². The average Bonchev–Trinajstić information content (AvgIpc) is 2.73. The predicted octanol–water partition coefficient (Wildman–Crippen LogP) is 5.32. The minimum atomic E-state index is -0.450. The molecule has 0 saturated heterocycles. The van der Waals surface area contributed by atoms with Crippen molar-refractivity contribution in [3.63, 3.8) is 0 Å². The second-order valence-electron chi connectivity index (χ2n) is 9.08. The Labute approximate surface area is 188 Å². The maximum Gasteiger partial charge on any atom is 0.162 e. The predicted molar refractivity (Wildman–Crippen MR) is 123 cm³/mol. The van der Waals surface area contributed by atoms with Gasteiger partial charge in [0, 0.05) is 29.3 Å². The lowest BCUT2D eigenvalue weighted by atomic mass is 9.68. The third-order valence-electron chi connectivity index (χ3n) is 6.16. The number of Topliss-reactive ketones (excluding diaryl/α,β-unsaturated/α-hetero) is 1. The van der Waals surface area contributed by atoms with Gasteiger partial charge in [0.1, 0.15) is 5.82 Å². The van der Waals surface area contributed by atoms with Crippen molar-refractivity contribution in [1.29, 1.82) is 5.26 Å². The van der Waals surface area contributed by atoms with E-state index in [1.165, 1.54) is 5.56 Å². The molecular weight excluding hydrogens is 406 g/mol. The van der Waals surface area contributed by atoms with Gasteiger partial charge in [-0.1, -0.05) is 67.9 Å². The Hall–Kier alpha value is -3.03. The fourth-order valence-corrected chi connectivity index (χ4v) is 4.83. The number of hydrogen-bond acceptors (Lipinski definition) is 4. The summed E-state index contributed by atoms with van der Waals surface area (Å²) in [7, 11) is 0. The van der Waals surface area contributed by atoms with E-state index in [4.69, 9.17) is 17.3 Å². The molecule has 31 heavy (non-hydrogen) atoms. The highest BCUT2D eigenvalue weighted by Crippen LogP contribution is 2.49. The lowest BCUT2D eigenvalue weighted by molar-refractivity contribution is -0.118. The van der Waals surface area contributed by atoms with E-state index >= 15 is 0 Å². The highest BCUT2D eigenvalue weighted by molar-refractivity contribution is 6.30. The standard InChI is InChI=1S/C26H26ClN3O/c1-26(2)14-21-24(22(31)15-26)23(18-8-10-19(27)11-9-18)20(16-28)25(29)30(21)13-12-17-6-4-3-5-7-17/h3-11,23H,12-15,29H2,1-2H3. The molecule has 4 rings (SSSR count). The van der Waals surface area contributed by atoms with E-state index in [0.29, 0.717) is 35.0 Å². The van der Waals surface area contributed by atoms with Crippen molar-refractivity contribution in [1.82, 2.24) is 4.90 Å². The number of halogens is 1. The van der Waals surface area contributed by atoms with Crippen LogP contribution in [0.1, 0.15) is 43.7 Å². The van der Waals surface area contributed by atoms with Gasteiger partial charge in [0.05, 0.1) is 17.6 Å². The van der Waals surface area contributed by atoms with Gasteiger partial charge in [0.15, 0.2) is 5.78 Å². The summed E-state index contributed by atoms with van der Waals surface area (Å²) in [5.41, 5.74) is 10.6. The molecule has 158 valence electrons. The first-order valence-corrected chi connectivity index (χ1v) is 10.9. The number of allylic oxidation sites excluding steroid dienone is 3. The van der Waals surface area contributed by atoms with Crippen LogP contribution >= 0.6 is 11.6 Å². The molecule has 2 aliphatic rings.